The minimum absolute atomic E-state index is 0.183. The van der Waals surface area contributed by atoms with Gasteiger partial charge in [-0.2, -0.15) is 0 Å². The highest BCUT2D eigenvalue weighted by atomic mass is 19.1. The number of rotatable bonds is 7. The van der Waals surface area contributed by atoms with Gasteiger partial charge < -0.3 is 29.3 Å². The normalized spacial score (nSPS) is 14.4. The Kier molecular flexibility index (Phi) is 7.81. The molecule has 0 aromatic heterocycles. The summed E-state index contributed by atoms with van der Waals surface area (Å²) in [5, 5.41) is 3.36. The first-order chi connectivity index (χ1) is 15.1. The summed E-state index contributed by atoms with van der Waals surface area (Å²) in [6, 6.07) is 10.7. The highest BCUT2D eigenvalue weighted by Gasteiger charge is 2.22. The number of ether oxygens (including phenoxy) is 3. The molecule has 31 heavy (non-hydrogen) atoms. The van der Waals surface area contributed by atoms with Gasteiger partial charge in [0.25, 0.3) is 0 Å². The van der Waals surface area contributed by atoms with Crippen LogP contribution in [0.5, 0.6) is 17.2 Å². The van der Waals surface area contributed by atoms with Crippen molar-refractivity contribution >= 4 is 11.6 Å². The van der Waals surface area contributed by atoms with Crippen LogP contribution in [-0.2, 0) is 6.54 Å². The second-order valence-corrected chi connectivity index (χ2v) is 7.09. The number of piperazine rings is 1. The number of para-hydroxylation sites is 1. The summed E-state index contributed by atoms with van der Waals surface area (Å²) in [6.07, 6.45) is 0. The summed E-state index contributed by atoms with van der Waals surface area (Å²) in [5.74, 6) is 2.43. The predicted octanol–water partition coefficient (Wildman–Crippen LogP) is 3.14. The van der Waals surface area contributed by atoms with E-state index in [-0.39, 0.29) is 5.82 Å². The Morgan fingerprint density at radius 3 is 2.29 bits per heavy atom. The number of aliphatic imine (C=N–C) groups is 1. The number of methoxy groups -OCH3 is 3. The van der Waals surface area contributed by atoms with E-state index < -0.39 is 0 Å². The zero-order valence-electron chi connectivity index (χ0n) is 18.7. The number of anilines is 1. The van der Waals surface area contributed by atoms with Crippen molar-refractivity contribution in [3.8, 4) is 17.2 Å². The van der Waals surface area contributed by atoms with Gasteiger partial charge in [-0.25, -0.2) is 9.38 Å². The topological polar surface area (TPSA) is 58.6 Å². The highest BCUT2D eigenvalue weighted by molar-refractivity contribution is 5.80. The fraction of sp³-hybridized carbons (Fsp3) is 0.435. The third-order valence-corrected chi connectivity index (χ3v) is 5.29. The number of hydrogen-bond acceptors (Lipinski definition) is 5. The van der Waals surface area contributed by atoms with E-state index in [0.717, 1.165) is 44.2 Å². The second-order valence-electron chi connectivity index (χ2n) is 7.09. The number of guanidine groups is 1. The van der Waals surface area contributed by atoms with Gasteiger partial charge in [0.2, 0.25) is 5.75 Å². The average molecular weight is 431 g/mol. The fourth-order valence-electron chi connectivity index (χ4n) is 3.74. The van der Waals surface area contributed by atoms with Crippen LogP contribution in [0.1, 0.15) is 12.5 Å². The lowest BCUT2D eigenvalue weighted by Gasteiger charge is -2.37. The van der Waals surface area contributed by atoms with Crippen LogP contribution in [0.2, 0.25) is 0 Å². The largest absolute Gasteiger partial charge is 0.493 e. The molecule has 1 heterocycles. The van der Waals surface area contributed by atoms with Gasteiger partial charge in [-0.1, -0.05) is 12.1 Å². The summed E-state index contributed by atoms with van der Waals surface area (Å²) >= 11 is 0. The van der Waals surface area contributed by atoms with Gasteiger partial charge in [0.05, 0.1) is 33.6 Å². The summed E-state index contributed by atoms with van der Waals surface area (Å²) in [4.78, 5) is 9.10. The van der Waals surface area contributed by atoms with E-state index in [2.05, 4.69) is 15.1 Å². The Hall–Kier alpha value is -3.16. The highest BCUT2D eigenvalue weighted by Crippen LogP contribution is 2.40. The van der Waals surface area contributed by atoms with Crippen LogP contribution in [0.15, 0.2) is 41.4 Å². The standard InChI is InChI=1S/C23H31FN4O3/c1-5-25-23(26-16-17-10-11-20(29-2)22(31-4)21(17)30-3)28-14-12-27(13-15-28)19-9-7-6-8-18(19)24/h6-11H,5,12-16H2,1-4H3,(H,25,26). The van der Waals surface area contributed by atoms with Crippen LogP contribution < -0.4 is 24.4 Å². The average Bonchev–Trinajstić information content (AvgIpc) is 2.81. The molecule has 1 aliphatic rings. The lowest BCUT2D eigenvalue weighted by Crippen LogP contribution is -2.52. The van der Waals surface area contributed by atoms with E-state index in [1.54, 1.807) is 27.4 Å². The minimum atomic E-state index is -0.183. The molecule has 7 nitrogen and oxygen atoms in total. The van der Waals surface area contributed by atoms with Gasteiger partial charge in [0, 0.05) is 38.3 Å². The Morgan fingerprint density at radius 2 is 1.68 bits per heavy atom. The van der Waals surface area contributed by atoms with E-state index in [1.165, 1.54) is 6.07 Å². The molecule has 0 saturated carbocycles. The molecule has 0 bridgehead atoms. The molecule has 8 heteroatoms. The molecule has 1 saturated heterocycles. The SMILES string of the molecule is CCNC(=NCc1ccc(OC)c(OC)c1OC)N1CCN(c2ccccc2F)CC1. The number of nitrogens with zero attached hydrogens (tertiary/aromatic N) is 3. The first-order valence-electron chi connectivity index (χ1n) is 10.4. The maximum atomic E-state index is 14.1. The van der Waals surface area contributed by atoms with Crippen LogP contribution in [0.3, 0.4) is 0 Å². The lowest BCUT2D eigenvalue weighted by atomic mass is 10.1. The Balaban J connectivity index is 1.74. The number of hydrogen-bond donors (Lipinski definition) is 1. The molecule has 2 aromatic carbocycles. The molecule has 0 spiro atoms. The minimum Gasteiger partial charge on any atom is -0.493 e. The van der Waals surface area contributed by atoms with Crippen LogP contribution in [0.25, 0.3) is 0 Å². The van der Waals surface area contributed by atoms with Crippen LogP contribution in [0.4, 0.5) is 10.1 Å². The summed E-state index contributed by atoms with van der Waals surface area (Å²) in [5.41, 5.74) is 1.56. The number of benzene rings is 2. The van der Waals surface area contributed by atoms with Crippen molar-refractivity contribution in [3.05, 3.63) is 47.8 Å². The first-order valence-corrected chi connectivity index (χ1v) is 10.4. The van der Waals surface area contributed by atoms with Gasteiger partial charge in [-0.15, -0.1) is 0 Å². The molecule has 168 valence electrons. The van der Waals surface area contributed by atoms with Crippen molar-refractivity contribution in [2.24, 2.45) is 4.99 Å². The van der Waals surface area contributed by atoms with E-state index in [0.29, 0.717) is 29.5 Å². The molecule has 0 amide bonds. The van der Waals surface area contributed by atoms with Gasteiger partial charge in [-0.3, -0.25) is 0 Å². The predicted molar refractivity (Wildman–Crippen MR) is 121 cm³/mol. The van der Waals surface area contributed by atoms with Crippen molar-refractivity contribution in [1.82, 2.24) is 10.2 Å². The van der Waals surface area contributed by atoms with E-state index in [4.69, 9.17) is 19.2 Å². The maximum absolute atomic E-state index is 14.1. The molecule has 1 N–H and O–H groups in total. The molecular weight excluding hydrogens is 399 g/mol. The van der Waals surface area contributed by atoms with Crippen LogP contribution in [0, 0.1) is 5.82 Å². The van der Waals surface area contributed by atoms with Gasteiger partial charge in [0.15, 0.2) is 17.5 Å². The quantitative estimate of drug-likeness (QED) is 0.538. The Labute approximate surface area is 183 Å². The molecule has 0 radical (unpaired) electrons. The molecule has 2 aromatic rings. The smallest absolute Gasteiger partial charge is 0.203 e. The van der Waals surface area contributed by atoms with Crippen molar-refractivity contribution in [2.45, 2.75) is 13.5 Å². The van der Waals surface area contributed by atoms with Gasteiger partial charge in [-0.05, 0) is 31.2 Å². The Morgan fingerprint density at radius 1 is 0.968 bits per heavy atom. The Bertz CT molecular complexity index is 898. The number of nitrogens with one attached hydrogen (secondary N) is 1. The third-order valence-electron chi connectivity index (χ3n) is 5.29. The molecule has 0 atom stereocenters. The first kappa shape index (κ1) is 22.5. The molecule has 3 rings (SSSR count). The summed E-state index contributed by atoms with van der Waals surface area (Å²) < 4.78 is 30.5. The number of halogens is 1. The van der Waals surface area contributed by atoms with Crippen LogP contribution in [-0.4, -0.2) is 64.9 Å². The van der Waals surface area contributed by atoms with Crippen molar-refractivity contribution < 1.29 is 18.6 Å². The lowest BCUT2D eigenvalue weighted by molar-refractivity contribution is 0.322. The maximum Gasteiger partial charge on any atom is 0.203 e. The fourth-order valence-corrected chi connectivity index (χ4v) is 3.74. The van der Waals surface area contributed by atoms with Gasteiger partial charge >= 0.3 is 0 Å². The molecule has 1 fully saturated rings. The zero-order chi connectivity index (χ0) is 22.2. The monoisotopic (exact) mass is 430 g/mol. The molecular formula is C23H31FN4O3. The molecule has 0 unspecified atom stereocenters. The van der Waals surface area contributed by atoms with Crippen molar-refractivity contribution in [2.75, 3.05) is 59.0 Å². The van der Waals surface area contributed by atoms with Crippen LogP contribution >= 0.6 is 0 Å². The van der Waals surface area contributed by atoms with E-state index >= 15 is 0 Å². The zero-order valence-corrected chi connectivity index (χ0v) is 18.7. The molecule has 1 aliphatic heterocycles. The van der Waals surface area contributed by atoms with Crippen molar-refractivity contribution in [1.29, 1.82) is 0 Å². The summed E-state index contributed by atoms with van der Waals surface area (Å²) in [7, 11) is 4.80. The molecule has 0 aliphatic carbocycles. The van der Waals surface area contributed by atoms with E-state index in [9.17, 15) is 4.39 Å². The summed E-state index contributed by atoms with van der Waals surface area (Å²) in [6.45, 7) is 6.19. The van der Waals surface area contributed by atoms with E-state index in [1.807, 2.05) is 31.2 Å². The third kappa shape index (κ3) is 5.13. The van der Waals surface area contributed by atoms with Crippen molar-refractivity contribution in [3.63, 3.8) is 0 Å². The van der Waals surface area contributed by atoms with Gasteiger partial charge in [0.1, 0.15) is 5.82 Å². The second kappa shape index (κ2) is 10.7.